The molecule has 2 aromatic rings. The lowest BCUT2D eigenvalue weighted by Crippen LogP contribution is -2.10. The van der Waals surface area contributed by atoms with E-state index in [0.29, 0.717) is 5.56 Å². The predicted octanol–water partition coefficient (Wildman–Crippen LogP) is 2.53. The number of nitro benzene ring substituents is 2. The Bertz CT molecular complexity index is 816. The Hall–Kier alpha value is -3.82. The lowest BCUT2D eigenvalue weighted by atomic mass is 10.1. The van der Waals surface area contributed by atoms with E-state index in [1.165, 1.54) is 18.2 Å². The molecule has 122 valence electrons. The van der Waals surface area contributed by atoms with Gasteiger partial charge in [0.2, 0.25) is 0 Å². The molecule has 0 bridgehead atoms. The first kappa shape index (κ1) is 16.5. The van der Waals surface area contributed by atoms with E-state index in [4.69, 9.17) is 9.94 Å². The van der Waals surface area contributed by atoms with Gasteiger partial charge in [-0.25, -0.2) is 4.79 Å². The monoisotopic (exact) mass is 331 g/mol. The number of rotatable bonds is 5. The number of hydrogen-bond donors (Lipinski definition) is 1. The molecule has 0 aliphatic rings. The number of benzene rings is 2. The maximum atomic E-state index is 12.1. The Morgan fingerprint density at radius 1 is 1.08 bits per heavy atom. The van der Waals surface area contributed by atoms with Gasteiger partial charge in [-0.3, -0.25) is 20.2 Å². The molecule has 0 saturated heterocycles. The second-order valence-corrected chi connectivity index (χ2v) is 4.46. The fraction of sp³-hybridized carbons (Fsp3) is 0. The van der Waals surface area contributed by atoms with Crippen molar-refractivity contribution in [2.45, 2.75) is 0 Å². The van der Waals surface area contributed by atoms with Crippen molar-refractivity contribution < 1.29 is 24.6 Å². The van der Waals surface area contributed by atoms with Crippen LogP contribution in [0.25, 0.3) is 0 Å². The number of esters is 1. The minimum atomic E-state index is -1.00. The molecule has 0 radical (unpaired) electrons. The quantitative estimate of drug-likeness (QED) is 0.221. The molecule has 0 spiro atoms. The van der Waals surface area contributed by atoms with Crippen LogP contribution in [0.5, 0.6) is 5.75 Å². The second-order valence-electron chi connectivity index (χ2n) is 4.46. The highest BCUT2D eigenvalue weighted by Crippen LogP contribution is 2.24. The number of non-ortho nitro benzene ring substituents is 2. The van der Waals surface area contributed by atoms with Gasteiger partial charge in [0.25, 0.3) is 11.4 Å². The van der Waals surface area contributed by atoms with Crippen LogP contribution >= 0.6 is 0 Å². The van der Waals surface area contributed by atoms with E-state index in [1.807, 2.05) is 0 Å². The molecule has 0 aromatic heterocycles. The summed E-state index contributed by atoms with van der Waals surface area (Å²) in [6, 6.07) is 8.42. The number of carbonyl (C=O) groups is 1. The Morgan fingerprint density at radius 2 is 1.71 bits per heavy atom. The molecule has 0 aliphatic carbocycles. The summed E-state index contributed by atoms with van der Waals surface area (Å²) in [5, 5.41) is 32.9. The molecule has 10 nitrogen and oxygen atoms in total. The van der Waals surface area contributed by atoms with Gasteiger partial charge in [-0.2, -0.15) is 0 Å². The van der Waals surface area contributed by atoms with Gasteiger partial charge in [0.1, 0.15) is 5.75 Å². The third-order valence-corrected chi connectivity index (χ3v) is 2.84. The van der Waals surface area contributed by atoms with Crippen LogP contribution in [-0.2, 0) is 0 Å². The van der Waals surface area contributed by atoms with E-state index >= 15 is 0 Å². The highest BCUT2D eigenvalue weighted by atomic mass is 16.6. The summed E-state index contributed by atoms with van der Waals surface area (Å²) in [7, 11) is 0. The maximum Gasteiger partial charge on any atom is 0.344 e. The molecule has 24 heavy (non-hydrogen) atoms. The molecule has 0 aliphatic heterocycles. The largest absolute Gasteiger partial charge is 0.423 e. The minimum Gasteiger partial charge on any atom is -0.423 e. The number of carbonyl (C=O) groups excluding carboxylic acids is 1. The molecule has 0 atom stereocenters. The smallest absolute Gasteiger partial charge is 0.344 e. The first-order valence-corrected chi connectivity index (χ1v) is 6.34. The van der Waals surface area contributed by atoms with Gasteiger partial charge in [-0.1, -0.05) is 17.3 Å². The second kappa shape index (κ2) is 6.96. The summed E-state index contributed by atoms with van der Waals surface area (Å²) >= 11 is 0. The lowest BCUT2D eigenvalue weighted by molar-refractivity contribution is -0.394. The molecule has 0 fully saturated rings. The van der Waals surface area contributed by atoms with E-state index in [1.54, 1.807) is 6.07 Å². The fourth-order valence-electron chi connectivity index (χ4n) is 1.81. The van der Waals surface area contributed by atoms with Crippen LogP contribution in [0.4, 0.5) is 11.4 Å². The van der Waals surface area contributed by atoms with Crippen LogP contribution in [0.2, 0.25) is 0 Å². The Balaban J connectivity index is 2.34. The van der Waals surface area contributed by atoms with Gasteiger partial charge in [0.15, 0.2) is 0 Å². The Kier molecular flexibility index (Phi) is 4.80. The van der Waals surface area contributed by atoms with Crippen LogP contribution in [0.1, 0.15) is 15.9 Å². The average molecular weight is 331 g/mol. The Morgan fingerprint density at radius 3 is 2.25 bits per heavy atom. The van der Waals surface area contributed by atoms with Gasteiger partial charge in [0, 0.05) is 12.1 Å². The predicted molar refractivity (Wildman–Crippen MR) is 80.5 cm³/mol. The normalized spacial score (nSPS) is 10.5. The molecule has 0 saturated carbocycles. The van der Waals surface area contributed by atoms with Gasteiger partial charge in [-0.05, 0) is 17.7 Å². The van der Waals surface area contributed by atoms with Gasteiger partial charge in [-0.15, -0.1) is 0 Å². The van der Waals surface area contributed by atoms with Crippen LogP contribution in [-0.4, -0.2) is 27.2 Å². The van der Waals surface area contributed by atoms with Crippen molar-refractivity contribution in [3.63, 3.8) is 0 Å². The van der Waals surface area contributed by atoms with Crippen molar-refractivity contribution >= 4 is 23.6 Å². The molecule has 0 unspecified atom stereocenters. The van der Waals surface area contributed by atoms with Crippen molar-refractivity contribution in [2.24, 2.45) is 5.16 Å². The third-order valence-electron chi connectivity index (χ3n) is 2.84. The number of oxime groups is 1. The zero-order valence-corrected chi connectivity index (χ0v) is 11.9. The summed E-state index contributed by atoms with van der Waals surface area (Å²) in [5.74, 6) is -0.925. The van der Waals surface area contributed by atoms with Crippen molar-refractivity contribution in [3.05, 3.63) is 73.8 Å². The highest BCUT2D eigenvalue weighted by molar-refractivity contribution is 5.93. The van der Waals surface area contributed by atoms with Crippen LogP contribution in [0.3, 0.4) is 0 Å². The van der Waals surface area contributed by atoms with Crippen molar-refractivity contribution in [1.29, 1.82) is 0 Å². The molecule has 0 heterocycles. The van der Waals surface area contributed by atoms with Crippen LogP contribution in [0.15, 0.2) is 47.6 Å². The van der Waals surface area contributed by atoms with Crippen molar-refractivity contribution in [2.75, 3.05) is 0 Å². The third kappa shape index (κ3) is 3.88. The molecular weight excluding hydrogens is 322 g/mol. The number of nitrogens with zero attached hydrogens (tertiary/aromatic N) is 3. The first-order chi connectivity index (χ1) is 11.4. The number of hydrogen-bond acceptors (Lipinski definition) is 8. The van der Waals surface area contributed by atoms with E-state index in [9.17, 15) is 25.0 Å². The van der Waals surface area contributed by atoms with Gasteiger partial charge in [0.05, 0.1) is 27.7 Å². The van der Waals surface area contributed by atoms with E-state index in [2.05, 4.69) is 5.16 Å². The number of ether oxygens (including phenoxy) is 1. The lowest BCUT2D eigenvalue weighted by Gasteiger charge is -2.05. The summed E-state index contributed by atoms with van der Waals surface area (Å²) in [5.41, 5.74) is -1.10. The van der Waals surface area contributed by atoms with Crippen molar-refractivity contribution in [1.82, 2.24) is 0 Å². The zero-order chi connectivity index (χ0) is 17.7. The zero-order valence-electron chi connectivity index (χ0n) is 11.9. The topological polar surface area (TPSA) is 145 Å². The van der Waals surface area contributed by atoms with E-state index in [-0.39, 0.29) is 11.3 Å². The summed E-state index contributed by atoms with van der Waals surface area (Å²) < 4.78 is 5.03. The number of nitro groups is 2. The molecule has 2 aromatic carbocycles. The van der Waals surface area contributed by atoms with Gasteiger partial charge < -0.3 is 9.94 Å². The molecule has 1 N–H and O–H groups in total. The van der Waals surface area contributed by atoms with Crippen LogP contribution in [0, 0.1) is 20.2 Å². The fourth-order valence-corrected chi connectivity index (χ4v) is 1.81. The summed E-state index contributed by atoms with van der Waals surface area (Å²) in [6.07, 6.45) is 1.11. The molecule has 0 amide bonds. The summed E-state index contributed by atoms with van der Waals surface area (Å²) in [4.78, 5) is 32.0. The first-order valence-electron chi connectivity index (χ1n) is 6.34. The van der Waals surface area contributed by atoms with E-state index < -0.39 is 27.2 Å². The Labute approximate surface area is 133 Å². The van der Waals surface area contributed by atoms with Crippen LogP contribution < -0.4 is 4.74 Å². The van der Waals surface area contributed by atoms with Gasteiger partial charge >= 0.3 is 5.97 Å². The molecule has 10 heteroatoms. The average Bonchev–Trinajstić information content (AvgIpc) is 2.55. The highest BCUT2D eigenvalue weighted by Gasteiger charge is 2.21. The van der Waals surface area contributed by atoms with Crippen molar-refractivity contribution in [3.8, 4) is 5.75 Å². The minimum absolute atomic E-state index is 0.0755. The molecular formula is C14H9N3O7. The maximum absolute atomic E-state index is 12.1. The summed E-state index contributed by atoms with van der Waals surface area (Å²) in [6.45, 7) is 0. The standard InChI is InChI=1S/C14H9N3O7/c18-14(24-13-3-1-2-9(4-13)8-15-19)10-5-11(16(20)21)7-12(6-10)17(22)23/h1-8,19H. The SMILES string of the molecule is O=C(Oc1cccc(C=NO)c1)c1cc([N+](=O)[O-])cc([N+](=O)[O-])c1. The molecule has 2 rings (SSSR count). The van der Waals surface area contributed by atoms with E-state index in [0.717, 1.165) is 24.4 Å².